The Morgan fingerprint density at radius 1 is 1.50 bits per heavy atom. The topological polar surface area (TPSA) is 84.6 Å². The number of carboxylic acid groups (broad SMARTS) is 1. The predicted molar refractivity (Wildman–Crippen MR) is 34.0 cm³/mol. The first kappa shape index (κ1) is 8.72. The van der Waals surface area contributed by atoms with Crippen molar-refractivity contribution in [2.45, 2.75) is 5.09 Å². The number of rotatable bonds is 2. The van der Waals surface area contributed by atoms with Crippen LogP contribution in [0, 0.1) is 0 Å². The Morgan fingerprint density at radius 2 is 2.08 bits per heavy atom. The van der Waals surface area contributed by atoms with Gasteiger partial charge >= 0.3 is 16.2 Å². The minimum atomic E-state index is -4.95. The van der Waals surface area contributed by atoms with Gasteiger partial charge in [0, 0.05) is 0 Å². The van der Waals surface area contributed by atoms with Crippen molar-refractivity contribution < 1.29 is 26.6 Å². The first-order valence-corrected chi connectivity index (χ1v) is 4.07. The SMILES string of the molecule is O=C(O)c1ccc(S(=O)(=O)F)o1. The molecule has 0 saturated carbocycles. The van der Waals surface area contributed by atoms with Crippen molar-refractivity contribution in [3.05, 3.63) is 17.9 Å². The number of hydrogen-bond acceptors (Lipinski definition) is 4. The van der Waals surface area contributed by atoms with Gasteiger partial charge in [0.2, 0.25) is 5.76 Å². The van der Waals surface area contributed by atoms with Crippen LogP contribution >= 0.6 is 0 Å². The summed E-state index contributed by atoms with van der Waals surface area (Å²) in [5, 5.41) is 7.25. The van der Waals surface area contributed by atoms with Crippen molar-refractivity contribution in [2.24, 2.45) is 0 Å². The van der Waals surface area contributed by atoms with Gasteiger partial charge < -0.3 is 9.52 Å². The molecule has 0 fully saturated rings. The fourth-order valence-electron chi connectivity index (χ4n) is 0.566. The minimum absolute atomic E-state index is 0.619. The van der Waals surface area contributed by atoms with E-state index in [1.165, 1.54) is 0 Å². The number of halogens is 1. The van der Waals surface area contributed by atoms with Gasteiger partial charge in [-0.05, 0) is 12.1 Å². The number of aromatic carboxylic acids is 1. The molecule has 0 aliphatic carbocycles. The van der Waals surface area contributed by atoms with Crippen molar-refractivity contribution in [3.63, 3.8) is 0 Å². The zero-order valence-electron chi connectivity index (χ0n) is 5.52. The molecule has 1 N–H and O–H groups in total. The van der Waals surface area contributed by atoms with Crippen LogP contribution in [0.2, 0.25) is 0 Å². The summed E-state index contributed by atoms with van der Waals surface area (Å²) < 4.78 is 36.5. The monoisotopic (exact) mass is 194 g/mol. The second kappa shape index (κ2) is 2.59. The van der Waals surface area contributed by atoms with Gasteiger partial charge in [-0.1, -0.05) is 3.89 Å². The van der Waals surface area contributed by atoms with Gasteiger partial charge in [0.15, 0.2) is 0 Å². The summed E-state index contributed by atoms with van der Waals surface area (Å²) in [7, 11) is -4.95. The number of carbonyl (C=O) groups is 1. The smallest absolute Gasteiger partial charge is 0.371 e. The van der Waals surface area contributed by atoms with Crippen LogP contribution in [0.3, 0.4) is 0 Å². The lowest BCUT2D eigenvalue weighted by atomic mass is 10.5. The summed E-state index contributed by atoms with van der Waals surface area (Å²) in [6.45, 7) is 0. The molecule has 1 aromatic rings. The molecular formula is C5H3FO5S. The molecule has 7 heteroatoms. The molecule has 66 valence electrons. The van der Waals surface area contributed by atoms with Crippen molar-refractivity contribution in [3.8, 4) is 0 Å². The molecule has 12 heavy (non-hydrogen) atoms. The third kappa shape index (κ3) is 1.62. The summed E-state index contributed by atoms with van der Waals surface area (Å²) in [6.07, 6.45) is 0. The van der Waals surface area contributed by atoms with Crippen molar-refractivity contribution in [2.75, 3.05) is 0 Å². The Labute approximate surface area is 66.6 Å². The molecule has 1 rings (SSSR count). The van der Waals surface area contributed by atoms with E-state index in [0.29, 0.717) is 0 Å². The molecule has 0 spiro atoms. The van der Waals surface area contributed by atoms with Gasteiger partial charge in [-0.3, -0.25) is 0 Å². The number of carboxylic acids is 1. The van der Waals surface area contributed by atoms with Crippen LogP contribution in [-0.2, 0) is 10.2 Å². The Bertz CT molecular complexity index is 403. The van der Waals surface area contributed by atoms with E-state index in [1.54, 1.807) is 0 Å². The van der Waals surface area contributed by atoms with Crippen LogP contribution in [0.25, 0.3) is 0 Å². The lowest BCUT2D eigenvalue weighted by molar-refractivity contribution is 0.0656. The summed E-state index contributed by atoms with van der Waals surface area (Å²) in [5.74, 6) is -2.07. The molecule has 1 aromatic heterocycles. The molecular weight excluding hydrogens is 191 g/mol. The van der Waals surface area contributed by atoms with E-state index in [-0.39, 0.29) is 0 Å². The maximum Gasteiger partial charge on any atom is 0.371 e. The molecule has 0 radical (unpaired) electrons. The number of hydrogen-bond donors (Lipinski definition) is 1. The third-order valence-electron chi connectivity index (χ3n) is 1.03. The van der Waals surface area contributed by atoms with Crippen molar-refractivity contribution >= 4 is 16.2 Å². The Kier molecular flexibility index (Phi) is 1.89. The molecule has 0 aliphatic heterocycles. The Morgan fingerprint density at radius 3 is 2.33 bits per heavy atom. The standard InChI is InChI=1S/C5H3FO5S/c6-12(9,10)4-2-1-3(11-4)5(7)8/h1-2H,(H,7,8). The Hall–Kier alpha value is -1.37. The Balaban J connectivity index is 3.17. The largest absolute Gasteiger partial charge is 0.475 e. The molecule has 0 atom stereocenters. The zero-order chi connectivity index (χ0) is 9.35. The second-order valence-electron chi connectivity index (χ2n) is 1.86. The summed E-state index contributed by atoms with van der Waals surface area (Å²) in [4.78, 5) is 10.1. The highest BCUT2D eigenvalue weighted by molar-refractivity contribution is 7.86. The van der Waals surface area contributed by atoms with Gasteiger partial charge in [-0.25, -0.2) is 4.79 Å². The van der Waals surface area contributed by atoms with E-state index in [2.05, 4.69) is 4.42 Å². The molecule has 0 aliphatic rings. The highest BCUT2D eigenvalue weighted by Gasteiger charge is 2.19. The van der Waals surface area contributed by atoms with Gasteiger partial charge in [0.25, 0.3) is 5.09 Å². The predicted octanol–water partition coefficient (Wildman–Crippen LogP) is 0.636. The lowest BCUT2D eigenvalue weighted by Gasteiger charge is -1.85. The van der Waals surface area contributed by atoms with Crippen LogP contribution in [0.15, 0.2) is 21.6 Å². The van der Waals surface area contributed by atoms with Crippen LogP contribution in [0.1, 0.15) is 10.6 Å². The quantitative estimate of drug-likeness (QED) is 0.698. The summed E-state index contributed by atoms with van der Waals surface area (Å²) in [5.41, 5.74) is 0. The van der Waals surface area contributed by atoms with Crippen LogP contribution < -0.4 is 0 Å². The lowest BCUT2D eigenvalue weighted by Crippen LogP contribution is -1.93. The fourth-order valence-corrected chi connectivity index (χ4v) is 0.986. The average molecular weight is 194 g/mol. The second-order valence-corrected chi connectivity index (χ2v) is 3.14. The normalized spacial score (nSPS) is 11.4. The summed E-state index contributed by atoms with van der Waals surface area (Å²) >= 11 is 0. The molecule has 0 aromatic carbocycles. The highest BCUT2D eigenvalue weighted by Crippen LogP contribution is 2.15. The highest BCUT2D eigenvalue weighted by atomic mass is 32.3. The number of furan rings is 1. The van der Waals surface area contributed by atoms with Gasteiger partial charge in [-0.2, -0.15) is 8.42 Å². The third-order valence-corrected chi connectivity index (χ3v) is 1.73. The maximum absolute atomic E-state index is 12.1. The average Bonchev–Trinajstić information content (AvgIpc) is 2.30. The summed E-state index contributed by atoms with van der Waals surface area (Å²) in [6, 6.07) is 1.59. The van der Waals surface area contributed by atoms with E-state index >= 15 is 0 Å². The first-order valence-electron chi connectivity index (χ1n) is 2.69. The molecule has 5 nitrogen and oxygen atoms in total. The van der Waals surface area contributed by atoms with Crippen LogP contribution in [0.5, 0.6) is 0 Å². The molecule has 0 amide bonds. The van der Waals surface area contributed by atoms with E-state index < -0.39 is 27.0 Å². The van der Waals surface area contributed by atoms with E-state index in [1.807, 2.05) is 0 Å². The van der Waals surface area contributed by atoms with E-state index in [9.17, 15) is 17.1 Å². The van der Waals surface area contributed by atoms with Crippen molar-refractivity contribution in [1.29, 1.82) is 0 Å². The molecule has 0 unspecified atom stereocenters. The molecule has 0 saturated heterocycles. The fraction of sp³-hybridized carbons (Fsp3) is 0. The minimum Gasteiger partial charge on any atom is -0.475 e. The molecule has 0 bridgehead atoms. The van der Waals surface area contributed by atoms with E-state index in [4.69, 9.17) is 5.11 Å². The van der Waals surface area contributed by atoms with Crippen LogP contribution in [0.4, 0.5) is 3.89 Å². The molecule has 1 heterocycles. The van der Waals surface area contributed by atoms with Gasteiger partial charge in [-0.15, -0.1) is 0 Å². The van der Waals surface area contributed by atoms with Gasteiger partial charge in [0.05, 0.1) is 0 Å². The first-order chi connectivity index (χ1) is 5.41. The van der Waals surface area contributed by atoms with Crippen molar-refractivity contribution in [1.82, 2.24) is 0 Å². The van der Waals surface area contributed by atoms with Crippen LogP contribution in [-0.4, -0.2) is 19.5 Å². The van der Waals surface area contributed by atoms with E-state index in [0.717, 1.165) is 12.1 Å². The maximum atomic E-state index is 12.1. The zero-order valence-corrected chi connectivity index (χ0v) is 6.34. The van der Waals surface area contributed by atoms with Gasteiger partial charge in [0.1, 0.15) is 0 Å².